The standard InChI is InChI=1S/C15H17N3O2/c19-14-12-6-2-1-4-10(12)8-13(18-14)15(20)17-11-5-3-7-16-9-11/h1-2,4,6,8,11,16H,3,5,7,9H2,(H,17,20)(H,18,19). The van der Waals surface area contributed by atoms with Crippen LogP contribution in [0.5, 0.6) is 0 Å². The summed E-state index contributed by atoms with van der Waals surface area (Å²) in [4.78, 5) is 26.8. The molecular weight excluding hydrogens is 254 g/mol. The maximum atomic E-state index is 12.2. The predicted octanol–water partition coefficient (Wildman–Crippen LogP) is 1.01. The Morgan fingerprint density at radius 3 is 2.95 bits per heavy atom. The number of fused-ring (bicyclic) bond motifs is 1. The van der Waals surface area contributed by atoms with Gasteiger partial charge in [-0.05, 0) is 36.9 Å². The van der Waals surface area contributed by atoms with E-state index in [1.807, 2.05) is 18.2 Å². The SMILES string of the molecule is O=C(NC1CCCNC1)c1cc2ccccc2c(=O)[nH]1. The summed E-state index contributed by atoms with van der Waals surface area (Å²) in [6.45, 7) is 1.78. The normalized spacial score (nSPS) is 18.9. The molecule has 1 atom stereocenters. The number of benzene rings is 1. The number of H-pyrrole nitrogens is 1. The lowest BCUT2D eigenvalue weighted by molar-refractivity contribution is 0.0925. The van der Waals surface area contributed by atoms with Crippen LogP contribution < -0.4 is 16.2 Å². The average molecular weight is 271 g/mol. The largest absolute Gasteiger partial charge is 0.347 e. The Hall–Kier alpha value is -2.14. The first kappa shape index (κ1) is 12.9. The maximum Gasteiger partial charge on any atom is 0.268 e. The zero-order chi connectivity index (χ0) is 13.9. The molecule has 3 rings (SSSR count). The molecule has 20 heavy (non-hydrogen) atoms. The number of piperidine rings is 1. The number of amides is 1. The van der Waals surface area contributed by atoms with Crippen molar-refractivity contribution in [1.82, 2.24) is 15.6 Å². The Morgan fingerprint density at radius 1 is 1.30 bits per heavy atom. The molecule has 3 N–H and O–H groups in total. The molecule has 0 radical (unpaired) electrons. The third kappa shape index (κ3) is 2.58. The molecule has 5 heteroatoms. The highest BCUT2D eigenvalue weighted by molar-refractivity contribution is 5.96. The highest BCUT2D eigenvalue weighted by Crippen LogP contribution is 2.10. The summed E-state index contributed by atoms with van der Waals surface area (Å²) in [5, 5.41) is 7.58. The summed E-state index contributed by atoms with van der Waals surface area (Å²) in [5.74, 6) is -0.221. The number of aromatic nitrogens is 1. The molecule has 1 aliphatic rings. The number of carbonyl (C=O) groups is 1. The fourth-order valence-electron chi connectivity index (χ4n) is 2.57. The van der Waals surface area contributed by atoms with Crippen molar-refractivity contribution >= 4 is 16.7 Å². The highest BCUT2D eigenvalue weighted by Gasteiger charge is 2.17. The fourth-order valence-corrected chi connectivity index (χ4v) is 2.57. The van der Waals surface area contributed by atoms with Crippen molar-refractivity contribution in [3.63, 3.8) is 0 Å². The second kappa shape index (κ2) is 5.46. The fraction of sp³-hybridized carbons (Fsp3) is 0.333. The monoisotopic (exact) mass is 271 g/mol. The number of nitrogens with one attached hydrogen (secondary N) is 3. The predicted molar refractivity (Wildman–Crippen MR) is 77.9 cm³/mol. The van der Waals surface area contributed by atoms with Gasteiger partial charge in [0.05, 0.1) is 0 Å². The molecule has 0 saturated carbocycles. The summed E-state index contributed by atoms with van der Waals surface area (Å²) in [6.07, 6.45) is 2.02. The van der Waals surface area contributed by atoms with Gasteiger partial charge >= 0.3 is 0 Å². The lowest BCUT2D eigenvalue weighted by Gasteiger charge is -2.23. The van der Waals surface area contributed by atoms with Crippen LogP contribution in [-0.2, 0) is 0 Å². The molecule has 1 aromatic heterocycles. The maximum absolute atomic E-state index is 12.2. The Bertz CT molecular complexity index is 687. The van der Waals surface area contributed by atoms with Gasteiger partial charge < -0.3 is 15.6 Å². The molecule has 1 amide bonds. The van der Waals surface area contributed by atoms with Crippen molar-refractivity contribution < 1.29 is 4.79 Å². The van der Waals surface area contributed by atoms with Gasteiger partial charge in [-0.3, -0.25) is 9.59 Å². The van der Waals surface area contributed by atoms with Crippen molar-refractivity contribution in [2.45, 2.75) is 18.9 Å². The second-order valence-electron chi connectivity index (χ2n) is 5.12. The van der Waals surface area contributed by atoms with Crippen LogP contribution in [0.2, 0.25) is 0 Å². The van der Waals surface area contributed by atoms with Gasteiger partial charge in [0.25, 0.3) is 11.5 Å². The van der Waals surface area contributed by atoms with Crippen LogP contribution >= 0.6 is 0 Å². The third-order valence-corrected chi connectivity index (χ3v) is 3.63. The van der Waals surface area contributed by atoms with Crippen molar-refractivity contribution in [2.24, 2.45) is 0 Å². The summed E-state index contributed by atoms with van der Waals surface area (Å²) in [7, 11) is 0. The summed E-state index contributed by atoms with van der Waals surface area (Å²) in [5.41, 5.74) is 0.0919. The minimum atomic E-state index is -0.227. The zero-order valence-corrected chi connectivity index (χ0v) is 11.1. The van der Waals surface area contributed by atoms with Crippen molar-refractivity contribution in [2.75, 3.05) is 13.1 Å². The van der Waals surface area contributed by atoms with E-state index in [1.165, 1.54) is 0 Å². The van der Waals surface area contributed by atoms with Gasteiger partial charge in [-0.25, -0.2) is 0 Å². The van der Waals surface area contributed by atoms with Gasteiger partial charge in [0.2, 0.25) is 0 Å². The number of carbonyl (C=O) groups excluding carboxylic acids is 1. The second-order valence-corrected chi connectivity index (χ2v) is 5.12. The first-order valence-electron chi connectivity index (χ1n) is 6.88. The van der Waals surface area contributed by atoms with Crippen LogP contribution in [0.25, 0.3) is 10.8 Å². The van der Waals surface area contributed by atoms with Gasteiger partial charge in [-0.2, -0.15) is 0 Å². The van der Waals surface area contributed by atoms with Gasteiger partial charge in [0, 0.05) is 18.0 Å². The molecule has 0 bridgehead atoms. The summed E-state index contributed by atoms with van der Waals surface area (Å²) < 4.78 is 0. The van der Waals surface area contributed by atoms with Crippen molar-refractivity contribution in [1.29, 1.82) is 0 Å². The molecule has 1 aromatic carbocycles. The Kier molecular flexibility index (Phi) is 3.52. The smallest absolute Gasteiger partial charge is 0.268 e. The van der Waals surface area contributed by atoms with E-state index < -0.39 is 0 Å². The average Bonchev–Trinajstić information content (AvgIpc) is 2.48. The topological polar surface area (TPSA) is 74.0 Å². The molecule has 5 nitrogen and oxygen atoms in total. The van der Waals surface area contributed by atoms with Crippen molar-refractivity contribution in [3.05, 3.63) is 46.4 Å². The number of rotatable bonds is 2. The van der Waals surface area contributed by atoms with Crippen LogP contribution in [0.4, 0.5) is 0 Å². The molecule has 1 fully saturated rings. The molecule has 1 aliphatic heterocycles. The Balaban J connectivity index is 1.86. The summed E-state index contributed by atoms with van der Waals surface area (Å²) in [6, 6.07) is 9.11. The van der Waals surface area contributed by atoms with E-state index in [0.29, 0.717) is 11.1 Å². The number of aromatic amines is 1. The van der Waals surface area contributed by atoms with Crippen LogP contribution in [-0.4, -0.2) is 30.0 Å². The van der Waals surface area contributed by atoms with E-state index in [2.05, 4.69) is 15.6 Å². The molecular formula is C15H17N3O2. The molecule has 0 spiro atoms. The molecule has 1 saturated heterocycles. The quantitative estimate of drug-likeness (QED) is 0.763. The lowest BCUT2D eigenvalue weighted by Crippen LogP contribution is -2.46. The van der Waals surface area contributed by atoms with Crippen LogP contribution in [0.3, 0.4) is 0 Å². The first-order valence-corrected chi connectivity index (χ1v) is 6.88. The summed E-state index contributed by atoms with van der Waals surface area (Å²) >= 11 is 0. The third-order valence-electron chi connectivity index (χ3n) is 3.63. The van der Waals surface area contributed by atoms with E-state index >= 15 is 0 Å². The Morgan fingerprint density at radius 2 is 2.15 bits per heavy atom. The van der Waals surface area contributed by atoms with E-state index in [9.17, 15) is 9.59 Å². The minimum absolute atomic E-state index is 0.131. The number of hydrogen-bond acceptors (Lipinski definition) is 3. The lowest BCUT2D eigenvalue weighted by atomic mass is 10.1. The van der Waals surface area contributed by atoms with E-state index in [1.54, 1.807) is 12.1 Å². The molecule has 2 heterocycles. The Labute approximate surface area is 116 Å². The molecule has 2 aromatic rings. The first-order chi connectivity index (χ1) is 9.74. The van der Waals surface area contributed by atoms with E-state index in [0.717, 1.165) is 31.3 Å². The van der Waals surface area contributed by atoms with Crippen molar-refractivity contribution in [3.8, 4) is 0 Å². The molecule has 104 valence electrons. The van der Waals surface area contributed by atoms with E-state index in [4.69, 9.17) is 0 Å². The van der Waals surface area contributed by atoms with Crippen LogP contribution in [0.15, 0.2) is 35.1 Å². The van der Waals surface area contributed by atoms with Crippen LogP contribution in [0, 0.1) is 0 Å². The molecule has 1 unspecified atom stereocenters. The van der Waals surface area contributed by atoms with Gasteiger partial charge in [-0.15, -0.1) is 0 Å². The van der Waals surface area contributed by atoms with Gasteiger partial charge in [0.15, 0.2) is 0 Å². The number of hydrogen-bond donors (Lipinski definition) is 3. The number of pyridine rings is 1. The zero-order valence-electron chi connectivity index (χ0n) is 11.1. The van der Waals surface area contributed by atoms with E-state index in [-0.39, 0.29) is 17.5 Å². The van der Waals surface area contributed by atoms with Crippen LogP contribution in [0.1, 0.15) is 23.3 Å². The highest BCUT2D eigenvalue weighted by atomic mass is 16.2. The minimum Gasteiger partial charge on any atom is -0.347 e. The van der Waals surface area contributed by atoms with Gasteiger partial charge in [-0.1, -0.05) is 18.2 Å². The molecule has 0 aliphatic carbocycles. The van der Waals surface area contributed by atoms with Gasteiger partial charge in [0.1, 0.15) is 5.69 Å².